The number of hydrogen-bond donors (Lipinski definition) is 2. The normalized spacial score (nSPS) is 14.7. The molecule has 1 amide bonds. The van der Waals surface area contributed by atoms with E-state index in [0.717, 1.165) is 47.7 Å². The van der Waals surface area contributed by atoms with Crippen molar-refractivity contribution in [2.75, 3.05) is 23.3 Å². The Labute approximate surface area is 185 Å². The SMILES string of the molecule is CCc1ccc(C(=O)Nc2cc3[nH]c(C4CCCCC4)nc3cc2N(CC)CC)cc1. The minimum Gasteiger partial charge on any atom is -0.370 e. The zero-order chi connectivity index (χ0) is 21.8. The Balaban J connectivity index is 1.68. The summed E-state index contributed by atoms with van der Waals surface area (Å²) >= 11 is 0. The highest BCUT2D eigenvalue weighted by Gasteiger charge is 2.21. The zero-order valence-corrected chi connectivity index (χ0v) is 19.0. The maximum Gasteiger partial charge on any atom is 0.255 e. The molecule has 1 aliphatic carbocycles. The van der Waals surface area contributed by atoms with Gasteiger partial charge in [0.15, 0.2) is 0 Å². The Morgan fingerprint density at radius 3 is 2.42 bits per heavy atom. The molecule has 0 aliphatic heterocycles. The number of amides is 1. The molecule has 5 heteroatoms. The highest BCUT2D eigenvalue weighted by atomic mass is 16.1. The molecule has 31 heavy (non-hydrogen) atoms. The first kappa shape index (κ1) is 21.4. The molecular weight excluding hydrogens is 384 g/mol. The molecule has 0 unspecified atom stereocenters. The summed E-state index contributed by atoms with van der Waals surface area (Å²) in [4.78, 5) is 23.8. The molecule has 0 bridgehead atoms. The number of H-pyrrole nitrogens is 1. The van der Waals surface area contributed by atoms with Crippen molar-refractivity contribution in [1.82, 2.24) is 9.97 Å². The fourth-order valence-corrected chi connectivity index (χ4v) is 4.65. The van der Waals surface area contributed by atoms with Gasteiger partial charge in [-0.05, 0) is 62.9 Å². The smallest absolute Gasteiger partial charge is 0.255 e. The van der Waals surface area contributed by atoms with Gasteiger partial charge < -0.3 is 15.2 Å². The van der Waals surface area contributed by atoms with E-state index in [2.05, 4.69) is 48.1 Å². The van der Waals surface area contributed by atoms with Crippen LogP contribution in [0.3, 0.4) is 0 Å². The summed E-state index contributed by atoms with van der Waals surface area (Å²) in [5.74, 6) is 1.54. The molecule has 164 valence electrons. The number of fused-ring (bicyclic) bond motifs is 1. The van der Waals surface area contributed by atoms with Crippen LogP contribution in [0.4, 0.5) is 11.4 Å². The third-order valence-corrected chi connectivity index (χ3v) is 6.59. The van der Waals surface area contributed by atoms with E-state index in [1.165, 1.54) is 37.7 Å². The standard InChI is InChI=1S/C26H34N4O/c1-4-18-12-14-20(15-13-18)26(31)29-23-16-21-22(17-24(23)30(5-2)6-3)28-25(27-21)19-10-8-7-9-11-19/h12-17,19H,4-11H2,1-3H3,(H,27,28)(H,29,31). The molecular formula is C26H34N4O. The number of aryl methyl sites for hydroxylation is 1. The Kier molecular flexibility index (Phi) is 6.59. The second kappa shape index (κ2) is 9.54. The molecule has 1 aliphatic rings. The first-order chi connectivity index (χ1) is 15.1. The van der Waals surface area contributed by atoms with Gasteiger partial charge in [-0.25, -0.2) is 4.98 Å². The van der Waals surface area contributed by atoms with Crippen molar-refractivity contribution in [2.24, 2.45) is 0 Å². The number of anilines is 2. The Bertz CT molecular complexity index is 1030. The second-order valence-electron chi connectivity index (χ2n) is 8.52. The van der Waals surface area contributed by atoms with Gasteiger partial charge in [0, 0.05) is 24.6 Å². The van der Waals surface area contributed by atoms with Crippen LogP contribution < -0.4 is 10.2 Å². The number of carbonyl (C=O) groups is 1. The molecule has 4 rings (SSSR count). The molecule has 2 aromatic carbocycles. The molecule has 1 aromatic heterocycles. The van der Waals surface area contributed by atoms with E-state index in [0.29, 0.717) is 11.5 Å². The molecule has 0 saturated heterocycles. The lowest BCUT2D eigenvalue weighted by Gasteiger charge is -2.24. The van der Waals surface area contributed by atoms with E-state index < -0.39 is 0 Å². The van der Waals surface area contributed by atoms with E-state index in [1.807, 2.05) is 24.3 Å². The third-order valence-electron chi connectivity index (χ3n) is 6.59. The summed E-state index contributed by atoms with van der Waals surface area (Å²) in [6.07, 6.45) is 7.28. The lowest BCUT2D eigenvalue weighted by molar-refractivity contribution is 0.102. The van der Waals surface area contributed by atoms with Gasteiger partial charge in [-0.3, -0.25) is 4.79 Å². The van der Waals surface area contributed by atoms with Crippen molar-refractivity contribution in [3.05, 3.63) is 53.3 Å². The molecule has 2 N–H and O–H groups in total. The molecule has 1 saturated carbocycles. The molecule has 1 fully saturated rings. The van der Waals surface area contributed by atoms with Crippen LogP contribution in [-0.2, 0) is 6.42 Å². The van der Waals surface area contributed by atoms with Crippen LogP contribution >= 0.6 is 0 Å². The number of imidazole rings is 1. The monoisotopic (exact) mass is 418 g/mol. The molecule has 0 atom stereocenters. The van der Waals surface area contributed by atoms with Gasteiger partial charge in [0.25, 0.3) is 5.91 Å². The maximum absolute atomic E-state index is 13.0. The minimum atomic E-state index is -0.0811. The van der Waals surface area contributed by atoms with Crippen molar-refractivity contribution >= 4 is 28.3 Å². The van der Waals surface area contributed by atoms with Crippen LogP contribution in [0.2, 0.25) is 0 Å². The van der Waals surface area contributed by atoms with Crippen molar-refractivity contribution in [2.45, 2.75) is 65.2 Å². The van der Waals surface area contributed by atoms with Crippen molar-refractivity contribution < 1.29 is 4.79 Å². The Hall–Kier alpha value is -2.82. The van der Waals surface area contributed by atoms with Crippen LogP contribution in [-0.4, -0.2) is 29.0 Å². The van der Waals surface area contributed by atoms with E-state index in [1.54, 1.807) is 0 Å². The van der Waals surface area contributed by atoms with Gasteiger partial charge >= 0.3 is 0 Å². The van der Waals surface area contributed by atoms with Crippen LogP contribution in [0.25, 0.3) is 11.0 Å². The predicted molar refractivity (Wildman–Crippen MR) is 129 cm³/mol. The molecule has 3 aromatic rings. The van der Waals surface area contributed by atoms with Crippen LogP contribution in [0.5, 0.6) is 0 Å². The zero-order valence-electron chi connectivity index (χ0n) is 19.0. The fraction of sp³-hybridized carbons (Fsp3) is 0.462. The van der Waals surface area contributed by atoms with E-state index >= 15 is 0 Å². The summed E-state index contributed by atoms with van der Waals surface area (Å²) in [5, 5.41) is 3.17. The van der Waals surface area contributed by atoms with E-state index in [9.17, 15) is 4.79 Å². The number of nitrogens with one attached hydrogen (secondary N) is 2. The van der Waals surface area contributed by atoms with Gasteiger partial charge in [-0.1, -0.05) is 38.3 Å². The lowest BCUT2D eigenvalue weighted by atomic mass is 9.89. The van der Waals surface area contributed by atoms with Crippen LogP contribution in [0, 0.1) is 0 Å². The first-order valence-electron chi connectivity index (χ1n) is 11.8. The van der Waals surface area contributed by atoms with Crippen LogP contribution in [0.15, 0.2) is 36.4 Å². The summed E-state index contributed by atoms with van der Waals surface area (Å²) in [6, 6.07) is 12.0. The maximum atomic E-state index is 13.0. The van der Waals surface area contributed by atoms with Crippen molar-refractivity contribution in [1.29, 1.82) is 0 Å². The number of benzene rings is 2. The number of aromatic nitrogens is 2. The Morgan fingerprint density at radius 1 is 1.06 bits per heavy atom. The highest BCUT2D eigenvalue weighted by Crippen LogP contribution is 2.35. The van der Waals surface area contributed by atoms with Gasteiger partial charge in [-0.2, -0.15) is 0 Å². The quantitative estimate of drug-likeness (QED) is 0.475. The average Bonchev–Trinajstić information content (AvgIpc) is 3.23. The Morgan fingerprint density at radius 2 is 1.77 bits per heavy atom. The van der Waals surface area contributed by atoms with E-state index in [-0.39, 0.29) is 5.91 Å². The largest absolute Gasteiger partial charge is 0.370 e. The summed E-state index contributed by atoms with van der Waals surface area (Å²) in [5.41, 5.74) is 5.74. The lowest BCUT2D eigenvalue weighted by Crippen LogP contribution is -2.24. The molecule has 5 nitrogen and oxygen atoms in total. The molecule has 0 radical (unpaired) electrons. The van der Waals surface area contributed by atoms with Gasteiger partial charge in [-0.15, -0.1) is 0 Å². The third kappa shape index (κ3) is 4.60. The highest BCUT2D eigenvalue weighted by molar-refractivity contribution is 6.07. The van der Waals surface area contributed by atoms with E-state index in [4.69, 9.17) is 4.98 Å². The second-order valence-corrected chi connectivity index (χ2v) is 8.52. The summed E-state index contributed by atoms with van der Waals surface area (Å²) < 4.78 is 0. The fourth-order valence-electron chi connectivity index (χ4n) is 4.65. The number of aromatic amines is 1. The van der Waals surface area contributed by atoms with Gasteiger partial charge in [0.2, 0.25) is 0 Å². The minimum absolute atomic E-state index is 0.0811. The first-order valence-corrected chi connectivity index (χ1v) is 11.8. The summed E-state index contributed by atoms with van der Waals surface area (Å²) in [6.45, 7) is 8.14. The summed E-state index contributed by atoms with van der Waals surface area (Å²) in [7, 11) is 0. The van der Waals surface area contributed by atoms with Crippen molar-refractivity contribution in [3.8, 4) is 0 Å². The molecule has 0 spiro atoms. The topological polar surface area (TPSA) is 61.0 Å². The van der Waals surface area contributed by atoms with Gasteiger partial charge in [0.05, 0.1) is 22.4 Å². The average molecular weight is 419 g/mol. The van der Waals surface area contributed by atoms with Crippen LogP contribution in [0.1, 0.15) is 80.5 Å². The number of hydrogen-bond acceptors (Lipinski definition) is 3. The predicted octanol–water partition coefficient (Wildman–Crippen LogP) is 6.27. The number of rotatable bonds is 7. The number of nitrogens with zero attached hydrogens (tertiary/aromatic N) is 2. The van der Waals surface area contributed by atoms with Crippen molar-refractivity contribution in [3.63, 3.8) is 0 Å². The number of carbonyl (C=O) groups excluding carboxylic acids is 1. The molecule has 1 heterocycles. The van der Waals surface area contributed by atoms with Gasteiger partial charge in [0.1, 0.15) is 5.82 Å².